The van der Waals surface area contributed by atoms with Gasteiger partial charge in [-0.15, -0.1) is 0 Å². The van der Waals surface area contributed by atoms with Crippen LogP contribution in [0.25, 0.3) is 0 Å². The Labute approximate surface area is 111 Å². The van der Waals surface area contributed by atoms with E-state index < -0.39 is 5.97 Å². The molecule has 0 saturated carbocycles. The Morgan fingerprint density at radius 3 is 2.56 bits per heavy atom. The van der Waals surface area contributed by atoms with E-state index in [0.717, 1.165) is 10.7 Å². The van der Waals surface area contributed by atoms with Crippen molar-refractivity contribution < 1.29 is 14.6 Å². The minimum Gasteiger partial charge on any atom is -0.478 e. The molecule has 1 aliphatic rings. The van der Waals surface area contributed by atoms with E-state index in [4.69, 9.17) is 9.84 Å². The number of carboxylic acids is 1. The SMILES string of the molecule is CC(C)(C)c1cc(C(=O)O)cc(SC2COC2)n1. The van der Waals surface area contributed by atoms with Gasteiger partial charge in [0.2, 0.25) is 0 Å². The average molecular weight is 267 g/mol. The fourth-order valence-corrected chi connectivity index (χ4v) is 2.54. The van der Waals surface area contributed by atoms with Crippen LogP contribution in [0.4, 0.5) is 0 Å². The van der Waals surface area contributed by atoms with Gasteiger partial charge in [-0.25, -0.2) is 9.78 Å². The predicted octanol–water partition coefficient (Wildman–Crippen LogP) is 2.57. The van der Waals surface area contributed by atoms with Crippen LogP contribution in [0.5, 0.6) is 0 Å². The number of hydrogen-bond acceptors (Lipinski definition) is 4. The predicted molar refractivity (Wildman–Crippen MR) is 70.4 cm³/mol. The lowest BCUT2D eigenvalue weighted by Crippen LogP contribution is -2.30. The maximum absolute atomic E-state index is 11.1. The van der Waals surface area contributed by atoms with Crippen LogP contribution in [0.1, 0.15) is 36.8 Å². The molecule has 1 aromatic rings. The molecule has 0 aromatic carbocycles. The maximum Gasteiger partial charge on any atom is 0.335 e. The van der Waals surface area contributed by atoms with Crippen LogP contribution in [-0.2, 0) is 10.2 Å². The Balaban J connectivity index is 2.32. The molecular formula is C13H17NO3S. The summed E-state index contributed by atoms with van der Waals surface area (Å²) in [6.07, 6.45) is 0. The zero-order chi connectivity index (χ0) is 13.3. The third-order valence-electron chi connectivity index (χ3n) is 2.71. The molecule has 2 rings (SSSR count). The van der Waals surface area contributed by atoms with Gasteiger partial charge in [-0.2, -0.15) is 0 Å². The number of aromatic carboxylic acids is 1. The van der Waals surface area contributed by atoms with Crippen molar-refractivity contribution in [2.45, 2.75) is 36.5 Å². The van der Waals surface area contributed by atoms with Crippen LogP contribution in [0, 0.1) is 0 Å². The highest BCUT2D eigenvalue weighted by atomic mass is 32.2. The molecule has 0 amide bonds. The van der Waals surface area contributed by atoms with E-state index in [2.05, 4.69) is 4.98 Å². The van der Waals surface area contributed by atoms with Gasteiger partial charge in [-0.3, -0.25) is 0 Å². The Kier molecular flexibility index (Phi) is 3.64. The molecule has 0 aliphatic carbocycles. The number of ether oxygens (including phenoxy) is 1. The number of aromatic nitrogens is 1. The van der Waals surface area contributed by atoms with Gasteiger partial charge in [-0.05, 0) is 12.1 Å². The molecule has 0 radical (unpaired) electrons. The van der Waals surface area contributed by atoms with Crippen molar-refractivity contribution in [1.82, 2.24) is 4.98 Å². The molecular weight excluding hydrogens is 250 g/mol. The van der Waals surface area contributed by atoms with Crippen LogP contribution in [0.3, 0.4) is 0 Å². The Morgan fingerprint density at radius 1 is 1.44 bits per heavy atom. The highest BCUT2D eigenvalue weighted by molar-refractivity contribution is 8.00. The third kappa shape index (κ3) is 3.03. The maximum atomic E-state index is 11.1. The van der Waals surface area contributed by atoms with Gasteiger partial charge in [0.1, 0.15) is 0 Å². The number of hydrogen-bond donors (Lipinski definition) is 1. The summed E-state index contributed by atoms with van der Waals surface area (Å²) in [6.45, 7) is 7.52. The van der Waals surface area contributed by atoms with Crippen LogP contribution in [-0.4, -0.2) is 34.5 Å². The molecule has 0 bridgehead atoms. The fourth-order valence-electron chi connectivity index (χ4n) is 1.53. The van der Waals surface area contributed by atoms with Crippen molar-refractivity contribution in [1.29, 1.82) is 0 Å². The van der Waals surface area contributed by atoms with Gasteiger partial charge >= 0.3 is 5.97 Å². The number of rotatable bonds is 3. The lowest BCUT2D eigenvalue weighted by atomic mass is 9.91. The summed E-state index contributed by atoms with van der Waals surface area (Å²) < 4.78 is 5.12. The summed E-state index contributed by atoms with van der Waals surface area (Å²) in [5.74, 6) is -0.908. The summed E-state index contributed by atoms with van der Waals surface area (Å²) in [4.78, 5) is 15.7. The van der Waals surface area contributed by atoms with Crippen molar-refractivity contribution in [3.8, 4) is 0 Å². The first-order valence-electron chi connectivity index (χ1n) is 5.86. The minimum atomic E-state index is -0.908. The molecule has 1 aromatic heterocycles. The first kappa shape index (κ1) is 13.4. The highest BCUT2D eigenvalue weighted by Crippen LogP contribution is 2.30. The van der Waals surface area contributed by atoms with Gasteiger partial charge in [0.25, 0.3) is 0 Å². The lowest BCUT2D eigenvalue weighted by molar-refractivity contribution is 0.0454. The smallest absolute Gasteiger partial charge is 0.335 e. The number of thioether (sulfide) groups is 1. The van der Waals surface area contributed by atoms with Gasteiger partial charge in [-0.1, -0.05) is 32.5 Å². The zero-order valence-corrected chi connectivity index (χ0v) is 11.6. The fraction of sp³-hybridized carbons (Fsp3) is 0.538. The quantitative estimate of drug-likeness (QED) is 0.912. The average Bonchev–Trinajstić information content (AvgIpc) is 2.22. The van der Waals surface area contributed by atoms with Crippen molar-refractivity contribution in [2.75, 3.05) is 13.2 Å². The van der Waals surface area contributed by atoms with Crippen LogP contribution >= 0.6 is 11.8 Å². The Morgan fingerprint density at radius 2 is 2.11 bits per heavy atom. The van der Waals surface area contributed by atoms with Crippen molar-refractivity contribution in [3.05, 3.63) is 23.4 Å². The second-order valence-electron chi connectivity index (χ2n) is 5.41. The molecule has 18 heavy (non-hydrogen) atoms. The molecule has 1 saturated heterocycles. The van der Waals surface area contributed by atoms with E-state index in [-0.39, 0.29) is 5.41 Å². The summed E-state index contributed by atoms with van der Waals surface area (Å²) in [7, 11) is 0. The normalized spacial score (nSPS) is 16.4. The summed E-state index contributed by atoms with van der Waals surface area (Å²) in [6, 6.07) is 3.30. The van der Waals surface area contributed by atoms with Gasteiger partial charge in [0, 0.05) is 11.1 Å². The van der Waals surface area contributed by atoms with E-state index in [9.17, 15) is 4.79 Å². The molecule has 1 aliphatic heterocycles. The Hall–Kier alpha value is -1.07. The van der Waals surface area contributed by atoms with Gasteiger partial charge in [0.05, 0.1) is 29.1 Å². The highest BCUT2D eigenvalue weighted by Gasteiger charge is 2.23. The molecule has 5 heteroatoms. The summed E-state index contributed by atoms with van der Waals surface area (Å²) >= 11 is 1.59. The second kappa shape index (κ2) is 4.90. The molecule has 0 atom stereocenters. The minimum absolute atomic E-state index is 0.156. The van der Waals surface area contributed by atoms with Crippen LogP contribution in [0.2, 0.25) is 0 Å². The van der Waals surface area contributed by atoms with E-state index in [1.807, 2.05) is 20.8 Å². The first-order chi connectivity index (χ1) is 8.36. The largest absolute Gasteiger partial charge is 0.478 e. The number of pyridine rings is 1. The number of carbonyl (C=O) groups is 1. The molecule has 1 N–H and O–H groups in total. The van der Waals surface area contributed by atoms with Gasteiger partial charge < -0.3 is 9.84 Å². The summed E-state index contributed by atoms with van der Waals surface area (Å²) in [5, 5.41) is 10.3. The lowest BCUT2D eigenvalue weighted by Gasteiger charge is -2.26. The molecule has 2 heterocycles. The van der Waals surface area contributed by atoms with Crippen LogP contribution < -0.4 is 0 Å². The molecule has 1 fully saturated rings. The Bertz CT molecular complexity index is 464. The topological polar surface area (TPSA) is 59.4 Å². The third-order valence-corrected chi connectivity index (χ3v) is 3.77. The van der Waals surface area contributed by atoms with E-state index in [1.54, 1.807) is 23.9 Å². The van der Waals surface area contributed by atoms with E-state index in [1.165, 1.54) is 0 Å². The monoisotopic (exact) mass is 267 g/mol. The standard InChI is InChI=1S/C13H17NO3S/c1-13(2,3)10-4-8(12(15)16)5-11(14-10)18-9-6-17-7-9/h4-5,9H,6-7H2,1-3H3,(H,15,16). The molecule has 98 valence electrons. The second-order valence-corrected chi connectivity index (χ2v) is 6.73. The molecule has 0 unspecified atom stereocenters. The molecule has 0 spiro atoms. The van der Waals surface area contributed by atoms with Gasteiger partial charge in [0.15, 0.2) is 0 Å². The van der Waals surface area contributed by atoms with E-state index >= 15 is 0 Å². The van der Waals surface area contributed by atoms with E-state index in [0.29, 0.717) is 24.0 Å². The summed E-state index contributed by atoms with van der Waals surface area (Å²) in [5.41, 5.74) is 0.958. The van der Waals surface area contributed by atoms with Crippen molar-refractivity contribution in [2.24, 2.45) is 0 Å². The van der Waals surface area contributed by atoms with Crippen molar-refractivity contribution in [3.63, 3.8) is 0 Å². The number of carboxylic acid groups (broad SMARTS) is 1. The zero-order valence-electron chi connectivity index (χ0n) is 10.8. The van der Waals surface area contributed by atoms with Crippen molar-refractivity contribution >= 4 is 17.7 Å². The molecule has 4 nitrogen and oxygen atoms in total. The number of nitrogens with zero attached hydrogens (tertiary/aromatic N) is 1. The van der Waals surface area contributed by atoms with Crippen LogP contribution in [0.15, 0.2) is 17.2 Å². The first-order valence-corrected chi connectivity index (χ1v) is 6.74.